The molecule has 1 aliphatic rings. The lowest BCUT2D eigenvalue weighted by Gasteiger charge is -2.12. The topological polar surface area (TPSA) is 103 Å². The molecule has 9 heteroatoms. The van der Waals surface area contributed by atoms with Crippen LogP contribution in [0.15, 0.2) is 71.6 Å². The van der Waals surface area contributed by atoms with Crippen molar-refractivity contribution in [3.8, 4) is 17.2 Å². The van der Waals surface area contributed by atoms with E-state index in [0.717, 1.165) is 5.56 Å². The first-order valence-corrected chi connectivity index (χ1v) is 10.9. The Morgan fingerprint density at radius 3 is 2.52 bits per heavy atom. The lowest BCUT2D eigenvalue weighted by molar-refractivity contribution is 0.0950. The summed E-state index contributed by atoms with van der Waals surface area (Å²) in [5.74, 6) is 1.40. The molecule has 0 atom stereocenters. The minimum atomic E-state index is -3.84. The Morgan fingerprint density at radius 1 is 1.00 bits per heavy atom. The van der Waals surface area contributed by atoms with Gasteiger partial charge < -0.3 is 19.5 Å². The highest BCUT2D eigenvalue weighted by molar-refractivity contribution is 7.92. The van der Waals surface area contributed by atoms with Crippen LogP contribution in [0.2, 0.25) is 0 Å². The van der Waals surface area contributed by atoms with E-state index in [1.807, 2.05) is 12.1 Å². The zero-order valence-electron chi connectivity index (χ0n) is 16.6. The molecular weight excluding hydrogens is 420 g/mol. The van der Waals surface area contributed by atoms with Gasteiger partial charge in [-0.1, -0.05) is 18.2 Å². The fourth-order valence-electron chi connectivity index (χ4n) is 3.05. The highest BCUT2D eigenvalue weighted by Crippen LogP contribution is 2.32. The maximum atomic E-state index is 12.7. The van der Waals surface area contributed by atoms with E-state index in [-0.39, 0.29) is 17.6 Å². The van der Waals surface area contributed by atoms with Crippen LogP contribution in [0.1, 0.15) is 15.9 Å². The zero-order chi connectivity index (χ0) is 21.8. The van der Waals surface area contributed by atoms with Crippen molar-refractivity contribution in [3.63, 3.8) is 0 Å². The number of fused-ring (bicyclic) bond motifs is 1. The van der Waals surface area contributed by atoms with Gasteiger partial charge in [0.15, 0.2) is 11.5 Å². The quantitative estimate of drug-likeness (QED) is 0.585. The summed E-state index contributed by atoms with van der Waals surface area (Å²) in [4.78, 5) is 12.5. The fraction of sp³-hybridized carbons (Fsp3) is 0.136. The second-order valence-electron chi connectivity index (χ2n) is 6.70. The molecule has 0 unspecified atom stereocenters. The molecule has 8 nitrogen and oxygen atoms in total. The molecule has 0 spiro atoms. The van der Waals surface area contributed by atoms with Crippen LogP contribution >= 0.6 is 0 Å². The Bertz CT molecular complexity index is 1210. The maximum Gasteiger partial charge on any atom is 0.262 e. The van der Waals surface area contributed by atoms with Crippen molar-refractivity contribution in [2.45, 2.75) is 11.4 Å². The summed E-state index contributed by atoms with van der Waals surface area (Å²) in [7, 11) is -2.37. The molecule has 0 aromatic heterocycles. The van der Waals surface area contributed by atoms with E-state index in [9.17, 15) is 13.2 Å². The van der Waals surface area contributed by atoms with Gasteiger partial charge in [-0.25, -0.2) is 8.42 Å². The van der Waals surface area contributed by atoms with Crippen LogP contribution in [0.25, 0.3) is 0 Å². The van der Waals surface area contributed by atoms with Crippen molar-refractivity contribution in [1.82, 2.24) is 5.32 Å². The number of amides is 1. The molecule has 2 N–H and O–H groups in total. The molecule has 0 saturated heterocycles. The molecular formula is C22H20N2O6S. The summed E-state index contributed by atoms with van der Waals surface area (Å²) in [6, 6.07) is 17.8. The molecule has 0 bridgehead atoms. The van der Waals surface area contributed by atoms with Gasteiger partial charge in [-0.15, -0.1) is 0 Å². The van der Waals surface area contributed by atoms with Gasteiger partial charge in [0.1, 0.15) is 5.75 Å². The van der Waals surface area contributed by atoms with Gasteiger partial charge in [0.2, 0.25) is 6.79 Å². The standard InChI is InChI=1S/C22H20N2O6S/c1-28-19-5-3-2-4-18(19)24-31(26,27)17-9-7-16(8-10-17)22(25)23-13-15-6-11-20-21(12-15)30-14-29-20/h2-12,24H,13-14H2,1H3,(H,23,25). The number of nitrogens with one attached hydrogen (secondary N) is 2. The van der Waals surface area contributed by atoms with Gasteiger partial charge in [0, 0.05) is 12.1 Å². The van der Waals surface area contributed by atoms with Crippen LogP contribution in [0.3, 0.4) is 0 Å². The van der Waals surface area contributed by atoms with E-state index in [2.05, 4.69) is 10.0 Å². The summed E-state index contributed by atoms with van der Waals surface area (Å²) in [6.07, 6.45) is 0. The number of hydrogen-bond donors (Lipinski definition) is 2. The van der Waals surface area contributed by atoms with Crippen LogP contribution in [0, 0.1) is 0 Å². The van der Waals surface area contributed by atoms with Crippen LogP contribution in [0.5, 0.6) is 17.2 Å². The first-order chi connectivity index (χ1) is 15.0. The van der Waals surface area contributed by atoms with Crippen LogP contribution < -0.4 is 24.2 Å². The Labute approximate surface area is 179 Å². The second kappa shape index (κ2) is 8.57. The lowest BCUT2D eigenvalue weighted by Crippen LogP contribution is -2.23. The molecule has 4 rings (SSSR count). The predicted octanol–water partition coefficient (Wildman–Crippen LogP) is 3.15. The van der Waals surface area contributed by atoms with Gasteiger partial charge in [0.25, 0.3) is 15.9 Å². The minimum Gasteiger partial charge on any atom is -0.495 e. The van der Waals surface area contributed by atoms with Crippen molar-refractivity contribution in [3.05, 3.63) is 77.9 Å². The van der Waals surface area contributed by atoms with Gasteiger partial charge in [-0.2, -0.15) is 0 Å². The van der Waals surface area contributed by atoms with E-state index in [4.69, 9.17) is 14.2 Å². The highest BCUT2D eigenvalue weighted by Gasteiger charge is 2.18. The molecule has 1 heterocycles. The molecule has 0 radical (unpaired) electrons. The van der Waals surface area contributed by atoms with E-state index < -0.39 is 10.0 Å². The number of methoxy groups -OCH3 is 1. The van der Waals surface area contributed by atoms with Crippen LogP contribution in [-0.4, -0.2) is 28.2 Å². The van der Waals surface area contributed by atoms with Gasteiger partial charge in [-0.3, -0.25) is 9.52 Å². The van der Waals surface area contributed by atoms with E-state index >= 15 is 0 Å². The normalized spacial score (nSPS) is 12.3. The number of rotatable bonds is 7. The summed E-state index contributed by atoms with van der Waals surface area (Å²) >= 11 is 0. The van der Waals surface area contributed by atoms with Crippen molar-refractivity contribution < 1.29 is 27.4 Å². The summed E-state index contributed by atoms with van der Waals surface area (Å²) in [5, 5.41) is 2.80. The van der Waals surface area contributed by atoms with E-state index in [1.54, 1.807) is 30.3 Å². The number of para-hydroxylation sites is 2. The van der Waals surface area contributed by atoms with Crippen molar-refractivity contribution >= 4 is 21.6 Å². The smallest absolute Gasteiger partial charge is 0.262 e. The molecule has 31 heavy (non-hydrogen) atoms. The summed E-state index contributed by atoms with van der Waals surface area (Å²) < 4.78 is 43.6. The number of ether oxygens (including phenoxy) is 3. The third-order valence-corrected chi connectivity index (χ3v) is 6.05. The second-order valence-corrected chi connectivity index (χ2v) is 8.38. The molecule has 1 aliphatic heterocycles. The van der Waals surface area contributed by atoms with Gasteiger partial charge in [-0.05, 0) is 54.1 Å². The Kier molecular flexibility index (Phi) is 5.68. The molecule has 0 aliphatic carbocycles. The largest absolute Gasteiger partial charge is 0.495 e. The predicted molar refractivity (Wildman–Crippen MR) is 114 cm³/mol. The van der Waals surface area contributed by atoms with E-state index in [0.29, 0.717) is 35.0 Å². The van der Waals surface area contributed by atoms with Crippen LogP contribution in [0.4, 0.5) is 5.69 Å². The van der Waals surface area contributed by atoms with Gasteiger partial charge in [0.05, 0.1) is 17.7 Å². The average molecular weight is 440 g/mol. The molecule has 3 aromatic carbocycles. The average Bonchev–Trinajstić information content (AvgIpc) is 3.25. The maximum absolute atomic E-state index is 12.7. The Balaban J connectivity index is 1.41. The number of carbonyl (C=O) groups is 1. The zero-order valence-corrected chi connectivity index (χ0v) is 17.4. The molecule has 0 fully saturated rings. The van der Waals surface area contributed by atoms with Gasteiger partial charge >= 0.3 is 0 Å². The van der Waals surface area contributed by atoms with E-state index in [1.165, 1.54) is 31.4 Å². The molecule has 0 saturated carbocycles. The molecule has 3 aromatic rings. The number of sulfonamides is 1. The van der Waals surface area contributed by atoms with Crippen LogP contribution in [-0.2, 0) is 16.6 Å². The number of anilines is 1. The highest BCUT2D eigenvalue weighted by atomic mass is 32.2. The summed E-state index contributed by atoms with van der Waals surface area (Å²) in [6.45, 7) is 0.483. The Hall–Kier alpha value is -3.72. The van der Waals surface area contributed by atoms with Crippen molar-refractivity contribution in [1.29, 1.82) is 0 Å². The van der Waals surface area contributed by atoms with Crippen molar-refractivity contribution in [2.75, 3.05) is 18.6 Å². The first-order valence-electron chi connectivity index (χ1n) is 9.39. The lowest BCUT2D eigenvalue weighted by atomic mass is 10.2. The Morgan fingerprint density at radius 2 is 1.74 bits per heavy atom. The number of hydrogen-bond acceptors (Lipinski definition) is 6. The SMILES string of the molecule is COc1ccccc1NS(=O)(=O)c1ccc(C(=O)NCc2ccc3c(c2)OCO3)cc1. The third kappa shape index (κ3) is 4.56. The molecule has 160 valence electrons. The summed E-state index contributed by atoms with van der Waals surface area (Å²) in [5.41, 5.74) is 1.53. The monoisotopic (exact) mass is 440 g/mol. The fourth-order valence-corrected chi connectivity index (χ4v) is 4.12. The first kappa shape index (κ1) is 20.5. The minimum absolute atomic E-state index is 0.0331. The van der Waals surface area contributed by atoms with Crippen molar-refractivity contribution in [2.24, 2.45) is 0 Å². The number of benzene rings is 3. The third-order valence-electron chi connectivity index (χ3n) is 4.67. The number of carbonyl (C=O) groups excluding carboxylic acids is 1. The molecule has 1 amide bonds.